The first kappa shape index (κ1) is 26.9. The van der Waals surface area contributed by atoms with E-state index in [1.807, 2.05) is 38.1 Å². The molecule has 2 rings (SSSR count). The van der Waals surface area contributed by atoms with Gasteiger partial charge in [-0.05, 0) is 52.2 Å². The Morgan fingerprint density at radius 2 is 1.62 bits per heavy atom. The zero-order valence-corrected chi connectivity index (χ0v) is 21.0. The minimum Gasteiger partial charge on any atom is -0.493 e. The second-order valence-corrected chi connectivity index (χ2v) is 9.31. The highest BCUT2D eigenvalue weighted by Gasteiger charge is 2.24. The van der Waals surface area contributed by atoms with Gasteiger partial charge >= 0.3 is 5.97 Å². The molecule has 2 aromatic rings. The largest absolute Gasteiger partial charge is 0.493 e. The lowest BCUT2D eigenvalue weighted by Crippen LogP contribution is -2.25. The Hall–Kier alpha value is -3.35. The molecule has 2 N–H and O–H groups in total. The Balaban J connectivity index is 2.33. The van der Waals surface area contributed by atoms with Gasteiger partial charge in [-0.1, -0.05) is 43.2 Å². The van der Waals surface area contributed by atoms with Gasteiger partial charge in [-0.2, -0.15) is 0 Å². The Kier molecular flexibility index (Phi) is 9.66. The summed E-state index contributed by atoms with van der Waals surface area (Å²) in [5, 5.41) is 5.55. The number of carbonyl (C=O) groups excluding carboxylic acids is 3. The molecule has 2 amide bonds. The van der Waals surface area contributed by atoms with E-state index in [0.717, 1.165) is 24.0 Å². The summed E-state index contributed by atoms with van der Waals surface area (Å²) in [4.78, 5) is 37.5. The minimum absolute atomic E-state index is 0.189. The Morgan fingerprint density at radius 1 is 0.971 bits per heavy atom. The quantitative estimate of drug-likeness (QED) is 0.347. The summed E-state index contributed by atoms with van der Waals surface area (Å²) >= 11 is 0. The lowest BCUT2D eigenvalue weighted by atomic mass is 10.1. The smallest absolute Gasteiger partial charge is 0.342 e. The number of ether oxygens (including phenoxy) is 2. The number of nitrogens with one attached hydrogen (secondary N) is 2. The molecule has 0 aliphatic rings. The number of anilines is 2. The van der Waals surface area contributed by atoms with Crippen LogP contribution < -0.4 is 15.4 Å². The zero-order chi connectivity index (χ0) is 25.3. The summed E-state index contributed by atoms with van der Waals surface area (Å²) in [5.74, 6) is -0.811. The normalized spacial score (nSPS) is 11.0. The van der Waals surface area contributed by atoms with Crippen LogP contribution in [0.5, 0.6) is 5.75 Å². The zero-order valence-electron chi connectivity index (χ0n) is 21.0. The van der Waals surface area contributed by atoms with Gasteiger partial charge in [0, 0.05) is 19.4 Å². The highest BCUT2D eigenvalue weighted by Crippen LogP contribution is 2.33. The number of esters is 1. The summed E-state index contributed by atoms with van der Waals surface area (Å²) in [6.45, 7) is 11.2. The van der Waals surface area contributed by atoms with Crippen LogP contribution in [0.4, 0.5) is 11.4 Å². The second kappa shape index (κ2) is 12.2. The lowest BCUT2D eigenvalue weighted by molar-refractivity contribution is -0.116. The molecule has 0 fully saturated rings. The summed E-state index contributed by atoms with van der Waals surface area (Å²) in [7, 11) is 0. The van der Waals surface area contributed by atoms with Gasteiger partial charge in [0.1, 0.15) is 16.9 Å². The molecular formula is C27H36N2O5. The number of amides is 2. The van der Waals surface area contributed by atoms with E-state index in [9.17, 15) is 14.4 Å². The Bertz CT molecular complexity index is 1010. The molecular weight excluding hydrogens is 432 g/mol. The maximum Gasteiger partial charge on any atom is 0.342 e. The number of aryl methyl sites for hydroxylation is 2. The average Bonchev–Trinajstić information content (AvgIpc) is 2.73. The van der Waals surface area contributed by atoms with E-state index >= 15 is 0 Å². The monoisotopic (exact) mass is 468 g/mol. The molecule has 0 radical (unpaired) electrons. The Labute approximate surface area is 202 Å². The molecule has 7 heteroatoms. The third kappa shape index (κ3) is 8.89. The molecule has 2 aromatic carbocycles. The predicted molar refractivity (Wildman–Crippen MR) is 134 cm³/mol. The van der Waals surface area contributed by atoms with Crippen LogP contribution in [0.3, 0.4) is 0 Å². The molecule has 0 saturated heterocycles. The van der Waals surface area contributed by atoms with E-state index in [-0.39, 0.29) is 23.8 Å². The van der Waals surface area contributed by atoms with Gasteiger partial charge in [0.15, 0.2) is 0 Å². The van der Waals surface area contributed by atoms with Crippen molar-refractivity contribution in [3.63, 3.8) is 0 Å². The fraction of sp³-hybridized carbons (Fsp3) is 0.444. The molecule has 7 nitrogen and oxygen atoms in total. The molecule has 0 aromatic heterocycles. The van der Waals surface area contributed by atoms with Crippen molar-refractivity contribution in [3.05, 3.63) is 53.1 Å². The topological polar surface area (TPSA) is 93.7 Å². The van der Waals surface area contributed by atoms with Crippen LogP contribution in [0, 0.1) is 6.92 Å². The van der Waals surface area contributed by atoms with E-state index in [0.29, 0.717) is 30.2 Å². The number of benzene rings is 2. The predicted octanol–water partition coefficient (Wildman–Crippen LogP) is 5.66. The fourth-order valence-corrected chi connectivity index (χ4v) is 3.14. The van der Waals surface area contributed by atoms with Crippen molar-refractivity contribution in [2.75, 3.05) is 17.2 Å². The number of carbonyl (C=O) groups is 3. The Morgan fingerprint density at radius 3 is 2.21 bits per heavy atom. The van der Waals surface area contributed by atoms with Crippen molar-refractivity contribution in [2.24, 2.45) is 0 Å². The first-order valence-electron chi connectivity index (χ1n) is 11.7. The highest BCUT2D eigenvalue weighted by molar-refractivity contribution is 6.03. The molecule has 0 heterocycles. The van der Waals surface area contributed by atoms with Crippen molar-refractivity contribution in [2.45, 2.75) is 72.8 Å². The summed E-state index contributed by atoms with van der Waals surface area (Å²) in [5.41, 5.74) is 2.36. The number of hydrogen-bond donors (Lipinski definition) is 2. The molecule has 0 unspecified atom stereocenters. The van der Waals surface area contributed by atoms with E-state index in [1.54, 1.807) is 26.8 Å². The number of rotatable bonds is 10. The van der Waals surface area contributed by atoms with Crippen molar-refractivity contribution in [3.8, 4) is 5.75 Å². The van der Waals surface area contributed by atoms with Gasteiger partial charge < -0.3 is 20.1 Å². The van der Waals surface area contributed by atoms with Crippen LogP contribution in [0.2, 0.25) is 0 Å². The van der Waals surface area contributed by atoms with Crippen molar-refractivity contribution < 1.29 is 23.9 Å². The summed E-state index contributed by atoms with van der Waals surface area (Å²) < 4.78 is 11.4. The standard InChI is InChI=1S/C27H36N2O5/c1-7-8-15-33-24-17-23(28-19(3)30)22(16-21(24)26(32)34-27(4,5)6)29-25(31)14-13-20-11-9-18(2)10-12-20/h9-12,16-17H,7-8,13-15H2,1-6H3,(H,28,30)(H,29,31). The molecule has 0 atom stereocenters. The number of unbranched alkanes of at least 4 members (excludes halogenated alkanes) is 1. The maximum atomic E-state index is 12.9. The first-order chi connectivity index (χ1) is 16.0. The fourth-order valence-electron chi connectivity index (χ4n) is 3.14. The van der Waals surface area contributed by atoms with E-state index < -0.39 is 11.6 Å². The molecule has 0 aliphatic carbocycles. The third-order valence-corrected chi connectivity index (χ3v) is 4.84. The first-order valence-corrected chi connectivity index (χ1v) is 11.7. The number of hydrogen-bond acceptors (Lipinski definition) is 5. The van der Waals surface area contributed by atoms with E-state index in [1.165, 1.54) is 13.0 Å². The summed E-state index contributed by atoms with van der Waals surface area (Å²) in [6, 6.07) is 11.1. The van der Waals surface area contributed by atoms with Crippen LogP contribution >= 0.6 is 0 Å². The average molecular weight is 469 g/mol. The van der Waals surface area contributed by atoms with Crippen LogP contribution in [-0.4, -0.2) is 30.0 Å². The highest BCUT2D eigenvalue weighted by atomic mass is 16.6. The van der Waals surface area contributed by atoms with E-state index in [4.69, 9.17) is 9.47 Å². The van der Waals surface area contributed by atoms with Crippen molar-refractivity contribution >= 4 is 29.2 Å². The lowest BCUT2D eigenvalue weighted by Gasteiger charge is -2.22. The maximum absolute atomic E-state index is 12.9. The van der Waals surface area contributed by atoms with Gasteiger partial charge in [-0.3, -0.25) is 9.59 Å². The van der Waals surface area contributed by atoms with Gasteiger partial charge in [-0.25, -0.2) is 4.79 Å². The minimum atomic E-state index is -0.703. The van der Waals surface area contributed by atoms with Crippen LogP contribution in [0.25, 0.3) is 0 Å². The van der Waals surface area contributed by atoms with Gasteiger partial charge in [-0.15, -0.1) is 0 Å². The summed E-state index contributed by atoms with van der Waals surface area (Å²) in [6.07, 6.45) is 2.55. The van der Waals surface area contributed by atoms with Gasteiger partial charge in [0.05, 0.1) is 18.0 Å². The van der Waals surface area contributed by atoms with Crippen LogP contribution in [-0.2, 0) is 20.7 Å². The molecule has 0 aliphatic heterocycles. The second-order valence-electron chi connectivity index (χ2n) is 9.31. The van der Waals surface area contributed by atoms with Gasteiger partial charge in [0.2, 0.25) is 11.8 Å². The van der Waals surface area contributed by atoms with Gasteiger partial charge in [0.25, 0.3) is 0 Å². The van der Waals surface area contributed by atoms with Crippen LogP contribution in [0.15, 0.2) is 36.4 Å². The van der Waals surface area contributed by atoms with Crippen molar-refractivity contribution in [1.82, 2.24) is 0 Å². The van der Waals surface area contributed by atoms with Crippen molar-refractivity contribution in [1.29, 1.82) is 0 Å². The molecule has 0 bridgehead atoms. The molecule has 34 heavy (non-hydrogen) atoms. The molecule has 0 spiro atoms. The van der Waals surface area contributed by atoms with E-state index in [2.05, 4.69) is 10.6 Å². The molecule has 184 valence electrons. The molecule has 0 saturated carbocycles. The SMILES string of the molecule is CCCCOc1cc(NC(C)=O)c(NC(=O)CCc2ccc(C)cc2)cc1C(=O)OC(C)(C)C. The van der Waals surface area contributed by atoms with Crippen LogP contribution in [0.1, 0.15) is 75.4 Å². The third-order valence-electron chi connectivity index (χ3n) is 4.84.